The predicted molar refractivity (Wildman–Crippen MR) is 85.4 cm³/mol. The van der Waals surface area contributed by atoms with E-state index in [0.717, 1.165) is 24.4 Å². The molecule has 0 aliphatic heterocycles. The summed E-state index contributed by atoms with van der Waals surface area (Å²) in [6.45, 7) is 0. The zero-order chi connectivity index (χ0) is 14.5. The third kappa shape index (κ3) is 11.4. The molecule has 2 rings (SSSR count). The minimum Gasteiger partial charge on any atom is -0.497 e. The van der Waals surface area contributed by atoms with E-state index >= 15 is 0 Å². The molecule has 4 heteroatoms. The smallest absolute Gasteiger partial charge is 0.156 e. The van der Waals surface area contributed by atoms with Gasteiger partial charge in [0.1, 0.15) is 5.76 Å². The molecule has 0 aromatic carbocycles. The van der Waals surface area contributed by atoms with Gasteiger partial charge in [0, 0.05) is 46.6 Å². The summed E-state index contributed by atoms with van der Waals surface area (Å²) in [4.78, 5) is 0. The fourth-order valence-corrected chi connectivity index (χ4v) is 2.21. The average Bonchev–Trinajstić information content (AvgIpc) is 2.39. The predicted octanol–water partition coefficient (Wildman–Crippen LogP) is 5.29. The molecule has 2 aliphatic carbocycles. The van der Waals surface area contributed by atoms with Crippen molar-refractivity contribution in [3.05, 3.63) is 48.0 Å². The van der Waals surface area contributed by atoms with Gasteiger partial charge in [0.05, 0.1) is 14.2 Å². The van der Waals surface area contributed by atoms with Crippen molar-refractivity contribution in [2.75, 3.05) is 14.2 Å². The van der Waals surface area contributed by atoms with Gasteiger partial charge in [-0.05, 0) is 51.0 Å². The topological polar surface area (TPSA) is 18.5 Å². The minimum absolute atomic E-state index is 0. The molecule has 0 saturated heterocycles. The van der Waals surface area contributed by atoms with Crippen LogP contribution >= 0.6 is 0 Å². The van der Waals surface area contributed by atoms with Gasteiger partial charge in [0.15, 0.2) is 5.76 Å². The molecule has 2 nitrogen and oxygen atoms in total. The van der Waals surface area contributed by atoms with Crippen LogP contribution in [-0.2, 0) is 49.7 Å². The van der Waals surface area contributed by atoms with Crippen LogP contribution in [0.3, 0.4) is 0 Å². The molecule has 0 bridgehead atoms. The molecule has 130 valence electrons. The zero-order valence-corrected chi connectivity index (χ0v) is 18.4. The summed E-state index contributed by atoms with van der Waals surface area (Å²) >= 11 is 0. The van der Waals surface area contributed by atoms with Crippen molar-refractivity contribution in [2.45, 2.75) is 51.4 Å². The minimum atomic E-state index is 0. The Kier molecular flexibility index (Phi) is 18.9. The van der Waals surface area contributed by atoms with Gasteiger partial charge >= 0.3 is 0 Å². The van der Waals surface area contributed by atoms with E-state index < -0.39 is 0 Å². The molecule has 0 spiro atoms. The van der Waals surface area contributed by atoms with Gasteiger partial charge in [-0.3, -0.25) is 0 Å². The van der Waals surface area contributed by atoms with Crippen molar-refractivity contribution in [1.82, 2.24) is 0 Å². The van der Waals surface area contributed by atoms with Gasteiger partial charge in [-0.15, -0.1) is 0 Å². The van der Waals surface area contributed by atoms with E-state index in [1.165, 1.54) is 38.5 Å². The van der Waals surface area contributed by atoms with Crippen molar-refractivity contribution in [3.8, 4) is 0 Å². The molecule has 0 aromatic rings. The van der Waals surface area contributed by atoms with Crippen molar-refractivity contribution in [2.24, 2.45) is 0 Å². The SMILES string of the molecule is C1=C\CCCC\C=C/1.COC1=C(\OC)CCCC/C=C\1.[Ir].[Ir]. The maximum Gasteiger partial charge on any atom is 0.156 e. The third-order valence-electron chi connectivity index (χ3n) is 3.41. The number of methoxy groups -OCH3 is 2. The fraction of sp³-hybridized carbons (Fsp3) is 0.556. The van der Waals surface area contributed by atoms with Gasteiger partial charge in [-0.1, -0.05) is 30.4 Å². The quantitative estimate of drug-likeness (QED) is 0.401. The molecule has 2 aliphatic rings. The van der Waals surface area contributed by atoms with E-state index in [-0.39, 0.29) is 40.2 Å². The second kappa shape index (κ2) is 17.2. The summed E-state index contributed by atoms with van der Waals surface area (Å²) in [5, 5.41) is 0. The van der Waals surface area contributed by atoms with Crippen LogP contribution < -0.4 is 0 Å². The van der Waals surface area contributed by atoms with Gasteiger partial charge < -0.3 is 9.47 Å². The standard InChI is InChI=1S/C10H16O2.C8H12.2Ir/c1-11-9-7-5-3-4-6-8-10(9)12-2;1-2-4-6-8-7-5-3-1;;/h5,7H,3-4,6,8H2,1-2H3;1-4H,5-8H2;;/b7-5-,10-9-;3-1-,4-2-;;. The summed E-state index contributed by atoms with van der Waals surface area (Å²) in [6, 6.07) is 0. The number of ether oxygens (including phenoxy) is 2. The van der Waals surface area contributed by atoms with E-state index in [4.69, 9.17) is 9.47 Å². The molecule has 0 heterocycles. The van der Waals surface area contributed by atoms with Crippen LogP contribution in [0.2, 0.25) is 0 Å². The summed E-state index contributed by atoms with van der Waals surface area (Å²) < 4.78 is 10.4. The molecule has 22 heavy (non-hydrogen) atoms. The first-order valence-electron chi connectivity index (χ1n) is 7.68. The first-order valence-corrected chi connectivity index (χ1v) is 7.68. The van der Waals surface area contributed by atoms with Crippen LogP contribution in [0.4, 0.5) is 0 Å². The number of hydrogen-bond donors (Lipinski definition) is 0. The maximum absolute atomic E-state index is 5.23. The third-order valence-corrected chi connectivity index (χ3v) is 3.41. The summed E-state index contributed by atoms with van der Waals surface area (Å²) in [7, 11) is 3.38. The van der Waals surface area contributed by atoms with Crippen LogP contribution in [0.15, 0.2) is 48.0 Å². The molecular weight excluding hydrogens is 633 g/mol. The molecule has 0 aromatic heterocycles. The Morgan fingerprint density at radius 3 is 1.82 bits per heavy atom. The fourth-order valence-electron chi connectivity index (χ4n) is 2.21. The van der Waals surface area contributed by atoms with E-state index in [9.17, 15) is 0 Å². The van der Waals surface area contributed by atoms with Gasteiger partial charge in [-0.25, -0.2) is 0 Å². The summed E-state index contributed by atoms with van der Waals surface area (Å²) in [6.07, 6.45) is 22.7. The van der Waals surface area contributed by atoms with Crippen LogP contribution in [0, 0.1) is 0 Å². The van der Waals surface area contributed by atoms with Crippen LogP contribution in [0.25, 0.3) is 0 Å². The second-order valence-corrected chi connectivity index (χ2v) is 4.98. The molecule has 2 radical (unpaired) electrons. The van der Waals surface area contributed by atoms with E-state index in [1.54, 1.807) is 14.2 Å². The Bertz CT molecular complexity index is 357. The summed E-state index contributed by atoms with van der Waals surface area (Å²) in [5.41, 5.74) is 0. The molecule has 0 fully saturated rings. The first-order chi connectivity index (χ1) is 9.88. The van der Waals surface area contributed by atoms with Crippen molar-refractivity contribution < 1.29 is 49.7 Å². The Balaban J connectivity index is 0. The van der Waals surface area contributed by atoms with Crippen molar-refractivity contribution in [1.29, 1.82) is 0 Å². The van der Waals surface area contributed by atoms with Gasteiger partial charge in [-0.2, -0.15) is 0 Å². The number of hydrogen-bond acceptors (Lipinski definition) is 2. The molecule has 0 unspecified atom stereocenters. The summed E-state index contributed by atoms with van der Waals surface area (Å²) in [5.74, 6) is 1.84. The molecule has 0 saturated carbocycles. The van der Waals surface area contributed by atoms with Gasteiger partial charge in [0.2, 0.25) is 0 Å². The Morgan fingerprint density at radius 1 is 0.727 bits per heavy atom. The van der Waals surface area contributed by atoms with Crippen molar-refractivity contribution in [3.63, 3.8) is 0 Å². The normalized spacial score (nSPS) is 25.0. The molecule has 0 amide bonds. The Labute approximate surface area is 162 Å². The molecular formula is C18H28Ir2O2. The monoisotopic (exact) mass is 662 g/mol. The first kappa shape index (κ1) is 24.1. The number of rotatable bonds is 2. The van der Waals surface area contributed by atoms with Crippen molar-refractivity contribution >= 4 is 0 Å². The second-order valence-electron chi connectivity index (χ2n) is 4.98. The Hall–Kier alpha value is -0.141. The van der Waals surface area contributed by atoms with Crippen LogP contribution in [0.1, 0.15) is 51.4 Å². The van der Waals surface area contributed by atoms with Crippen LogP contribution in [-0.4, -0.2) is 14.2 Å². The van der Waals surface area contributed by atoms with Gasteiger partial charge in [0.25, 0.3) is 0 Å². The zero-order valence-electron chi connectivity index (χ0n) is 13.6. The van der Waals surface area contributed by atoms with E-state index in [2.05, 4.69) is 30.4 Å². The average molecular weight is 661 g/mol. The maximum atomic E-state index is 5.23. The Morgan fingerprint density at radius 2 is 1.27 bits per heavy atom. The molecule has 0 N–H and O–H groups in total. The number of allylic oxidation sites excluding steroid dienone is 7. The van der Waals surface area contributed by atoms with E-state index in [0.29, 0.717) is 0 Å². The largest absolute Gasteiger partial charge is 0.497 e. The van der Waals surface area contributed by atoms with E-state index in [1.807, 2.05) is 6.08 Å². The molecule has 0 atom stereocenters. The van der Waals surface area contributed by atoms with Crippen LogP contribution in [0.5, 0.6) is 0 Å².